The van der Waals surface area contributed by atoms with Crippen LogP contribution in [-0.2, 0) is 4.79 Å². The minimum Gasteiger partial charge on any atom is -0.465 e. The first kappa shape index (κ1) is 8.53. The van der Waals surface area contributed by atoms with Crippen molar-refractivity contribution in [3.8, 4) is 0 Å². The average Bonchev–Trinajstić information content (AvgIpc) is 1.90. The molecular formula is C9H13NO3. The summed E-state index contributed by atoms with van der Waals surface area (Å²) in [6, 6.07) is 0.130. The first-order valence-corrected chi connectivity index (χ1v) is 4.58. The number of amides is 1. The second-order valence-electron chi connectivity index (χ2n) is 4.36. The molecular weight excluding hydrogens is 170 g/mol. The summed E-state index contributed by atoms with van der Waals surface area (Å²) in [7, 11) is 0. The minimum absolute atomic E-state index is 0.130. The summed E-state index contributed by atoms with van der Waals surface area (Å²) in [4.78, 5) is 20.6. The number of aldehydes is 1. The molecule has 2 fully saturated rings. The standard InChI is InChI=1S/C9H13NO3/c11-5-6-1-9(2-6)3-7(4-9)10-8(12)13/h5-7,10H,1-4H2,(H,12,13). The molecule has 2 saturated carbocycles. The van der Waals surface area contributed by atoms with Crippen LogP contribution in [0.1, 0.15) is 25.7 Å². The molecule has 0 aromatic heterocycles. The van der Waals surface area contributed by atoms with Crippen LogP contribution in [-0.4, -0.2) is 23.5 Å². The van der Waals surface area contributed by atoms with Crippen molar-refractivity contribution in [2.75, 3.05) is 0 Å². The molecule has 4 heteroatoms. The Balaban J connectivity index is 1.73. The van der Waals surface area contributed by atoms with Crippen molar-refractivity contribution in [1.29, 1.82) is 0 Å². The summed E-state index contributed by atoms with van der Waals surface area (Å²) in [5.41, 5.74) is 0.318. The average molecular weight is 183 g/mol. The molecule has 4 nitrogen and oxygen atoms in total. The SMILES string of the molecule is O=CC1CC2(C1)CC(NC(=O)O)C2. The summed E-state index contributed by atoms with van der Waals surface area (Å²) in [6.07, 6.45) is 3.85. The van der Waals surface area contributed by atoms with Crippen LogP contribution in [0.5, 0.6) is 0 Å². The minimum atomic E-state index is -0.939. The van der Waals surface area contributed by atoms with E-state index >= 15 is 0 Å². The lowest BCUT2D eigenvalue weighted by molar-refractivity contribution is -0.123. The van der Waals surface area contributed by atoms with Gasteiger partial charge in [0.15, 0.2) is 0 Å². The van der Waals surface area contributed by atoms with E-state index in [1.165, 1.54) is 0 Å². The van der Waals surface area contributed by atoms with Crippen LogP contribution in [0.15, 0.2) is 0 Å². The topological polar surface area (TPSA) is 66.4 Å². The van der Waals surface area contributed by atoms with Crippen LogP contribution in [0.3, 0.4) is 0 Å². The molecule has 13 heavy (non-hydrogen) atoms. The predicted octanol–water partition coefficient (Wildman–Crippen LogP) is 1.01. The van der Waals surface area contributed by atoms with E-state index in [0.717, 1.165) is 32.0 Å². The molecule has 1 spiro atoms. The fourth-order valence-electron chi connectivity index (χ4n) is 2.74. The number of hydrogen-bond donors (Lipinski definition) is 2. The lowest BCUT2D eigenvalue weighted by atomic mass is 9.50. The van der Waals surface area contributed by atoms with Gasteiger partial charge in [0.25, 0.3) is 0 Å². The predicted molar refractivity (Wildman–Crippen MR) is 45.4 cm³/mol. The molecule has 1 amide bonds. The quantitative estimate of drug-likeness (QED) is 0.628. The maximum atomic E-state index is 10.4. The third-order valence-electron chi connectivity index (χ3n) is 3.27. The fraction of sp³-hybridized carbons (Fsp3) is 0.778. The van der Waals surface area contributed by atoms with Gasteiger partial charge in [0, 0.05) is 12.0 Å². The van der Waals surface area contributed by atoms with Crippen LogP contribution in [0.25, 0.3) is 0 Å². The largest absolute Gasteiger partial charge is 0.465 e. The smallest absolute Gasteiger partial charge is 0.404 e. The van der Waals surface area contributed by atoms with E-state index in [4.69, 9.17) is 5.11 Å². The molecule has 0 heterocycles. The Labute approximate surface area is 76.3 Å². The number of nitrogens with one attached hydrogen (secondary N) is 1. The Kier molecular flexibility index (Phi) is 1.78. The van der Waals surface area contributed by atoms with Gasteiger partial charge in [0.2, 0.25) is 0 Å². The second kappa shape index (κ2) is 2.72. The summed E-state index contributed by atoms with van der Waals surface area (Å²) in [5.74, 6) is 0.241. The van der Waals surface area contributed by atoms with E-state index in [2.05, 4.69) is 5.32 Å². The van der Waals surface area contributed by atoms with Crippen molar-refractivity contribution in [1.82, 2.24) is 5.32 Å². The van der Waals surface area contributed by atoms with E-state index in [0.29, 0.717) is 5.41 Å². The van der Waals surface area contributed by atoms with Crippen LogP contribution >= 0.6 is 0 Å². The molecule has 0 unspecified atom stereocenters. The Hall–Kier alpha value is -1.06. The third kappa shape index (κ3) is 1.41. The van der Waals surface area contributed by atoms with Gasteiger partial charge >= 0.3 is 6.09 Å². The number of carbonyl (C=O) groups excluding carboxylic acids is 1. The number of hydrogen-bond acceptors (Lipinski definition) is 2. The Morgan fingerprint density at radius 3 is 2.46 bits per heavy atom. The van der Waals surface area contributed by atoms with Crippen LogP contribution < -0.4 is 5.32 Å². The molecule has 0 aromatic carbocycles. The third-order valence-corrected chi connectivity index (χ3v) is 3.27. The van der Waals surface area contributed by atoms with Crippen molar-refractivity contribution in [3.63, 3.8) is 0 Å². The lowest BCUT2D eigenvalue weighted by Crippen LogP contribution is -2.56. The molecule has 2 N–H and O–H groups in total. The van der Waals surface area contributed by atoms with E-state index in [1.807, 2.05) is 0 Å². The molecule has 72 valence electrons. The van der Waals surface area contributed by atoms with Gasteiger partial charge in [0.05, 0.1) is 0 Å². The molecule has 0 atom stereocenters. The molecule has 2 rings (SSSR count). The number of rotatable bonds is 2. The van der Waals surface area contributed by atoms with Crippen LogP contribution in [0.2, 0.25) is 0 Å². The summed E-state index contributed by atoms with van der Waals surface area (Å²) >= 11 is 0. The normalized spacial score (nSPS) is 41.8. The van der Waals surface area contributed by atoms with E-state index < -0.39 is 6.09 Å². The molecule has 0 saturated heterocycles. The zero-order valence-corrected chi connectivity index (χ0v) is 7.32. The van der Waals surface area contributed by atoms with E-state index in [-0.39, 0.29) is 12.0 Å². The zero-order valence-electron chi connectivity index (χ0n) is 7.32. The van der Waals surface area contributed by atoms with Gasteiger partial charge in [0.1, 0.15) is 6.29 Å². The van der Waals surface area contributed by atoms with Gasteiger partial charge < -0.3 is 15.2 Å². The van der Waals surface area contributed by atoms with Gasteiger partial charge in [-0.05, 0) is 31.1 Å². The summed E-state index contributed by atoms with van der Waals surface area (Å²) in [5, 5.41) is 10.9. The molecule has 2 aliphatic carbocycles. The number of carbonyl (C=O) groups is 2. The summed E-state index contributed by atoms with van der Waals surface area (Å²) < 4.78 is 0. The van der Waals surface area contributed by atoms with E-state index in [9.17, 15) is 9.59 Å². The highest BCUT2D eigenvalue weighted by Crippen LogP contribution is 2.57. The molecule has 2 aliphatic rings. The Bertz CT molecular complexity index is 237. The summed E-state index contributed by atoms with van der Waals surface area (Å²) in [6.45, 7) is 0. The van der Waals surface area contributed by atoms with Crippen molar-refractivity contribution in [3.05, 3.63) is 0 Å². The first-order valence-electron chi connectivity index (χ1n) is 4.58. The molecule has 0 bridgehead atoms. The monoisotopic (exact) mass is 183 g/mol. The number of carboxylic acid groups (broad SMARTS) is 1. The maximum absolute atomic E-state index is 10.4. The fourth-order valence-corrected chi connectivity index (χ4v) is 2.74. The highest BCUT2D eigenvalue weighted by atomic mass is 16.4. The molecule has 0 aliphatic heterocycles. The van der Waals surface area contributed by atoms with Gasteiger partial charge in [-0.15, -0.1) is 0 Å². The highest BCUT2D eigenvalue weighted by Gasteiger charge is 2.52. The van der Waals surface area contributed by atoms with Gasteiger partial charge in [-0.3, -0.25) is 0 Å². The van der Waals surface area contributed by atoms with Crippen molar-refractivity contribution < 1.29 is 14.7 Å². The lowest BCUT2D eigenvalue weighted by Gasteiger charge is -2.56. The van der Waals surface area contributed by atoms with Crippen LogP contribution in [0, 0.1) is 11.3 Å². The highest BCUT2D eigenvalue weighted by molar-refractivity contribution is 5.65. The van der Waals surface area contributed by atoms with Crippen molar-refractivity contribution >= 4 is 12.4 Å². The first-order chi connectivity index (χ1) is 6.13. The Morgan fingerprint density at radius 1 is 1.38 bits per heavy atom. The van der Waals surface area contributed by atoms with Crippen molar-refractivity contribution in [2.45, 2.75) is 31.7 Å². The van der Waals surface area contributed by atoms with Crippen molar-refractivity contribution in [2.24, 2.45) is 11.3 Å². The second-order valence-corrected chi connectivity index (χ2v) is 4.36. The zero-order chi connectivity index (χ0) is 9.47. The molecule has 0 radical (unpaired) electrons. The molecule has 0 aromatic rings. The Morgan fingerprint density at radius 2 is 2.00 bits per heavy atom. The van der Waals surface area contributed by atoms with Gasteiger partial charge in [-0.2, -0.15) is 0 Å². The van der Waals surface area contributed by atoms with Gasteiger partial charge in [-0.1, -0.05) is 0 Å². The van der Waals surface area contributed by atoms with Gasteiger partial charge in [-0.25, -0.2) is 4.79 Å². The van der Waals surface area contributed by atoms with Crippen LogP contribution in [0.4, 0.5) is 4.79 Å². The maximum Gasteiger partial charge on any atom is 0.404 e. The van der Waals surface area contributed by atoms with E-state index in [1.54, 1.807) is 0 Å².